The van der Waals surface area contributed by atoms with Gasteiger partial charge in [0, 0.05) is 6.42 Å². The summed E-state index contributed by atoms with van der Waals surface area (Å²) in [5.74, 6) is 4.95. The topological polar surface area (TPSA) is 17.1 Å². The van der Waals surface area contributed by atoms with Crippen molar-refractivity contribution in [3.8, 4) is 0 Å². The molecule has 1 heteroatoms. The lowest BCUT2D eigenvalue weighted by Crippen LogP contribution is -2.50. The Bertz CT molecular complexity index is 560. The van der Waals surface area contributed by atoms with Gasteiger partial charge in [-0.2, -0.15) is 0 Å². The molecule has 0 N–H and O–H groups in total. The van der Waals surface area contributed by atoms with E-state index >= 15 is 0 Å². The maximum atomic E-state index is 11.9. The van der Waals surface area contributed by atoms with Gasteiger partial charge in [0.2, 0.25) is 0 Å². The maximum absolute atomic E-state index is 11.9. The van der Waals surface area contributed by atoms with E-state index in [1.807, 2.05) is 6.08 Å². The molecule has 4 aliphatic carbocycles. The molecule has 0 bridgehead atoms. The van der Waals surface area contributed by atoms with Gasteiger partial charge in [0.1, 0.15) is 0 Å². The molecule has 0 aromatic rings. The molecule has 0 aromatic heterocycles. The predicted octanol–water partition coefficient (Wildman–Crippen LogP) is 6.18. The van der Waals surface area contributed by atoms with Crippen LogP contribution in [0, 0.1) is 40.4 Å². The molecule has 0 saturated heterocycles. The van der Waals surface area contributed by atoms with Gasteiger partial charge in [-0.05, 0) is 91.4 Å². The van der Waals surface area contributed by atoms with Crippen molar-refractivity contribution in [3.63, 3.8) is 0 Å². The molecule has 0 aromatic carbocycles. The predicted molar refractivity (Wildman–Crippen MR) is 99.7 cm³/mol. The Labute approximate surface area is 148 Å². The van der Waals surface area contributed by atoms with Gasteiger partial charge in [-0.3, -0.25) is 4.79 Å². The van der Waals surface area contributed by atoms with Gasteiger partial charge in [-0.1, -0.05) is 39.7 Å². The average molecular weight is 329 g/mol. The van der Waals surface area contributed by atoms with Gasteiger partial charge in [-0.15, -0.1) is 0 Å². The Morgan fingerprint density at radius 3 is 2.62 bits per heavy atom. The van der Waals surface area contributed by atoms with E-state index in [0.29, 0.717) is 16.6 Å². The fraction of sp³-hybridized carbons (Fsp3) is 0.870. The zero-order valence-electron chi connectivity index (χ0n) is 16.2. The summed E-state index contributed by atoms with van der Waals surface area (Å²) in [6.45, 7) is 10.0. The van der Waals surface area contributed by atoms with Crippen molar-refractivity contribution in [2.75, 3.05) is 0 Å². The molecule has 3 fully saturated rings. The highest BCUT2D eigenvalue weighted by Crippen LogP contribution is 2.67. The van der Waals surface area contributed by atoms with Crippen LogP contribution in [-0.2, 0) is 4.79 Å². The Morgan fingerprint density at radius 1 is 1.08 bits per heavy atom. The molecule has 7 atom stereocenters. The van der Waals surface area contributed by atoms with Crippen molar-refractivity contribution in [2.45, 2.75) is 85.5 Å². The molecule has 4 aliphatic rings. The minimum absolute atomic E-state index is 0.340. The summed E-state index contributed by atoms with van der Waals surface area (Å²) < 4.78 is 0. The van der Waals surface area contributed by atoms with Gasteiger partial charge in [0.25, 0.3) is 0 Å². The van der Waals surface area contributed by atoms with E-state index in [1.54, 1.807) is 0 Å². The van der Waals surface area contributed by atoms with Gasteiger partial charge >= 0.3 is 0 Å². The van der Waals surface area contributed by atoms with Gasteiger partial charge in [-0.25, -0.2) is 0 Å². The number of hydrogen-bond acceptors (Lipinski definition) is 1. The molecule has 0 amide bonds. The smallest absolute Gasteiger partial charge is 0.155 e. The summed E-state index contributed by atoms with van der Waals surface area (Å²) in [5, 5.41) is 0. The highest BCUT2D eigenvalue weighted by atomic mass is 16.1. The van der Waals surface area contributed by atoms with Crippen molar-refractivity contribution in [1.82, 2.24) is 0 Å². The van der Waals surface area contributed by atoms with E-state index < -0.39 is 0 Å². The Kier molecular flexibility index (Phi) is 4.01. The fourth-order valence-corrected chi connectivity index (χ4v) is 7.82. The summed E-state index contributed by atoms with van der Waals surface area (Å²) in [5.41, 5.74) is 2.45. The first kappa shape index (κ1) is 16.9. The fourth-order valence-electron chi connectivity index (χ4n) is 7.82. The number of carbonyl (C=O) groups excluding carboxylic acids is 1. The van der Waals surface area contributed by atoms with Crippen molar-refractivity contribution in [1.29, 1.82) is 0 Å². The molecule has 7 unspecified atom stereocenters. The Morgan fingerprint density at radius 2 is 1.88 bits per heavy atom. The molecule has 3 saturated carbocycles. The summed E-state index contributed by atoms with van der Waals surface area (Å²) >= 11 is 0. The van der Waals surface area contributed by atoms with E-state index in [0.717, 1.165) is 42.4 Å². The van der Waals surface area contributed by atoms with Crippen LogP contribution in [0.1, 0.15) is 85.5 Å². The quantitative estimate of drug-likeness (QED) is 0.591. The number of hydrogen-bond donors (Lipinski definition) is 0. The van der Waals surface area contributed by atoms with Crippen LogP contribution in [0.4, 0.5) is 0 Å². The largest absolute Gasteiger partial charge is 0.295 e. The highest BCUT2D eigenvalue weighted by molar-refractivity contribution is 5.91. The third-order valence-electron chi connectivity index (χ3n) is 9.37. The minimum atomic E-state index is 0.340. The lowest BCUT2D eigenvalue weighted by Gasteiger charge is -2.58. The van der Waals surface area contributed by atoms with E-state index in [9.17, 15) is 4.79 Å². The number of carbonyl (C=O) groups is 1. The SMILES string of the molecule is CCC(C)C1CCC2C3CCC4=CC(=O)CCC4(C)C3CCC12C. The van der Waals surface area contributed by atoms with Crippen LogP contribution in [0.5, 0.6) is 0 Å². The van der Waals surface area contributed by atoms with Crippen LogP contribution in [0.15, 0.2) is 11.6 Å². The van der Waals surface area contributed by atoms with Gasteiger partial charge in [0.05, 0.1) is 0 Å². The van der Waals surface area contributed by atoms with Crippen LogP contribution < -0.4 is 0 Å². The molecule has 0 radical (unpaired) electrons. The van der Waals surface area contributed by atoms with Crippen LogP contribution >= 0.6 is 0 Å². The van der Waals surface area contributed by atoms with Crippen molar-refractivity contribution in [2.24, 2.45) is 40.4 Å². The third kappa shape index (κ3) is 2.22. The molecular formula is C23H36O. The van der Waals surface area contributed by atoms with Crippen LogP contribution in [-0.4, -0.2) is 5.78 Å². The highest BCUT2D eigenvalue weighted by Gasteiger charge is 2.59. The number of ketones is 1. The van der Waals surface area contributed by atoms with Crippen molar-refractivity contribution in [3.05, 3.63) is 11.6 Å². The standard InChI is InChI=1S/C23H36O/c1-5-15(2)19-8-9-20-18-7-6-16-14-17(24)10-12-22(16,3)21(18)11-13-23(19,20)4/h14-15,18-21H,5-13H2,1-4H3. The molecule has 0 aliphatic heterocycles. The van der Waals surface area contributed by atoms with Crippen molar-refractivity contribution < 1.29 is 4.79 Å². The second-order valence-corrected chi connectivity index (χ2v) is 10.1. The monoisotopic (exact) mass is 328 g/mol. The lowest BCUT2D eigenvalue weighted by atomic mass is 9.46. The molecule has 4 rings (SSSR count). The van der Waals surface area contributed by atoms with Crippen LogP contribution in [0.2, 0.25) is 0 Å². The molecule has 24 heavy (non-hydrogen) atoms. The first-order valence-corrected chi connectivity index (χ1v) is 10.6. The average Bonchev–Trinajstić information content (AvgIpc) is 2.92. The summed E-state index contributed by atoms with van der Waals surface area (Å²) in [6, 6.07) is 0. The van der Waals surface area contributed by atoms with Gasteiger partial charge < -0.3 is 0 Å². The van der Waals surface area contributed by atoms with Crippen LogP contribution in [0.3, 0.4) is 0 Å². The molecular weight excluding hydrogens is 292 g/mol. The summed E-state index contributed by atoms with van der Waals surface area (Å²) in [6.07, 6.45) is 13.6. The van der Waals surface area contributed by atoms with E-state index in [2.05, 4.69) is 27.7 Å². The number of fused-ring (bicyclic) bond motifs is 5. The van der Waals surface area contributed by atoms with E-state index in [1.165, 1.54) is 50.5 Å². The number of allylic oxidation sites excluding steroid dienone is 1. The van der Waals surface area contributed by atoms with Gasteiger partial charge in [0.15, 0.2) is 5.78 Å². The summed E-state index contributed by atoms with van der Waals surface area (Å²) in [4.78, 5) is 11.9. The first-order chi connectivity index (χ1) is 11.4. The molecule has 0 heterocycles. The lowest BCUT2D eigenvalue weighted by molar-refractivity contribution is -0.117. The molecule has 134 valence electrons. The Balaban J connectivity index is 1.63. The third-order valence-corrected chi connectivity index (χ3v) is 9.37. The van der Waals surface area contributed by atoms with Crippen LogP contribution in [0.25, 0.3) is 0 Å². The second kappa shape index (κ2) is 5.71. The normalized spacial score (nSPS) is 49.0. The number of rotatable bonds is 2. The summed E-state index contributed by atoms with van der Waals surface area (Å²) in [7, 11) is 0. The maximum Gasteiger partial charge on any atom is 0.155 e. The molecule has 1 nitrogen and oxygen atoms in total. The van der Waals surface area contributed by atoms with Crippen molar-refractivity contribution >= 4 is 5.78 Å². The zero-order valence-corrected chi connectivity index (χ0v) is 16.2. The van der Waals surface area contributed by atoms with E-state index in [4.69, 9.17) is 0 Å². The first-order valence-electron chi connectivity index (χ1n) is 10.6. The van der Waals surface area contributed by atoms with E-state index in [-0.39, 0.29) is 0 Å². The second-order valence-electron chi connectivity index (χ2n) is 10.1. The zero-order chi connectivity index (χ0) is 17.1. The Hall–Kier alpha value is -0.590. The molecule has 0 spiro atoms. The minimum Gasteiger partial charge on any atom is -0.295 e.